The van der Waals surface area contributed by atoms with Gasteiger partial charge in [-0.3, -0.25) is 0 Å². The van der Waals surface area contributed by atoms with Crippen molar-refractivity contribution in [1.29, 1.82) is 0 Å². The Labute approximate surface area is 166 Å². The molecule has 0 saturated heterocycles. The maximum absolute atomic E-state index is 14.1. The van der Waals surface area contributed by atoms with Gasteiger partial charge in [-0.15, -0.1) is 0 Å². The molecule has 0 atom stereocenters. The first-order chi connectivity index (χ1) is 13.9. The van der Waals surface area contributed by atoms with E-state index in [9.17, 15) is 17.2 Å². The average Bonchev–Trinajstić information content (AvgIpc) is 2.71. The summed E-state index contributed by atoms with van der Waals surface area (Å²) in [4.78, 5) is 8.99. The van der Waals surface area contributed by atoms with Crippen LogP contribution in [0.3, 0.4) is 0 Å². The van der Waals surface area contributed by atoms with Gasteiger partial charge in [-0.25, -0.2) is 27.2 Å². The lowest BCUT2D eigenvalue weighted by Gasteiger charge is -2.13. The molecule has 1 N–H and O–H groups in total. The number of halogens is 2. The Morgan fingerprint density at radius 2 is 1.48 bits per heavy atom. The van der Waals surface area contributed by atoms with E-state index in [0.717, 1.165) is 12.1 Å². The molecular weight excluding hydrogens is 396 g/mol. The lowest BCUT2D eigenvalue weighted by Crippen LogP contribution is -2.10. The van der Waals surface area contributed by atoms with E-state index < -0.39 is 27.2 Å². The molecule has 1 heterocycles. The second-order valence-corrected chi connectivity index (χ2v) is 8.32. The highest BCUT2D eigenvalue weighted by Gasteiger charge is 2.20. The van der Waals surface area contributed by atoms with Crippen LogP contribution in [0.1, 0.15) is 5.69 Å². The van der Waals surface area contributed by atoms with Crippen molar-refractivity contribution >= 4 is 32.4 Å². The Balaban J connectivity index is 1.80. The summed E-state index contributed by atoms with van der Waals surface area (Å²) < 4.78 is 53.0. The molecule has 0 saturated carbocycles. The summed E-state index contributed by atoms with van der Waals surface area (Å²) in [5.74, 6) is -1.88. The molecule has 4 rings (SSSR count). The molecule has 0 aliphatic carbocycles. The van der Waals surface area contributed by atoms with E-state index in [1.54, 1.807) is 42.5 Å². The molecule has 1 aromatic heterocycles. The molecule has 0 spiro atoms. The second kappa shape index (κ2) is 7.56. The second-order valence-electron chi connectivity index (χ2n) is 6.33. The summed E-state index contributed by atoms with van der Waals surface area (Å²) in [6.45, 7) is 0. The van der Waals surface area contributed by atoms with Gasteiger partial charge in [0.2, 0.25) is 0 Å². The summed E-state index contributed by atoms with van der Waals surface area (Å²) in [5.41, 5.74) is 1.12. The maximum Gasteiger partial charge on any atom is 0.184 e. The highest BCUT2D eigenvalue weighted by atomic mass is 32.2. The zero-order chi connectivity index (χ0) is 20.4. The monoisotopic (exact) mass is 411 g/mol. The van der Waals surface area contributed by atoms with Crippen LogP contribution in [0.25, 0.3) is 11.0 Å². The Bertz CT molecular complexity index is 1300. The van der Waals surface area contributed by atoms with Crippen molar-refractivity contribution in [1.82, 2.24) is 9.97 Å². The van der Waals surface area contributed by atoms with Crippen LogP contribution >= 0.6 is 0 Å². The van der Waals surface area contributed by atoms with Crippen molar-refractivity contribution in [2.24, 2.45) is 0 Å². The molecule has 0 aliphatic heterocycles. The van der Waals surface area contributed by atoms with E-state index in [4.69, 9.17) is 0 Å². The van der Waals surface area contributed by atoms with Crippen molar-refractivity contribution in [2.75, 3.05) is 5.32 Å². The van der Waals surface area contributed by atoms with Gasteiger partial charge < -0.3 is 5.32 Å². The third-order valence-electron chi connectivity index (χ3n) is 4.26. The quantitative estimate of drug-likeness (QED) is 0.519. The number of benzene rings is 3. The van der Waals surface area contributed by atoms with Gasteiger partial charge in [0.15, 0.2) is 15.7 Å². The molecule has 4 aromatic rings. The number of para-hydroxylation sites is 2. The van der Waals surface area contributed by atoms with Crippen LogP contribution in [-0.4, -0.2) is 18.4 Å². The average molecular weight is 411 g/mol. The third kappa shape index (κ3) is 4.07. The standard InChI is InChI=1S/C21H15F2N3O2S/c22-14-10-11-17(16(23)12-14)25-21-20(24-18-8-4-5-9-19(18)26-21)13-29(27,28)15-6-2-1-3-7-15/h1-12H,13H2,(H,25,26). The van der Waals surface area contributed by atoms with E-state index in [-0.39, 0.29) is 22.1 Å². The highest BCUT2D eigenvalue weighted by Crippen LogP contribution is 2.26. The molecule has 0 amide bonds. The molecule has 8 heteroatoms. The molecule has 3 aromatic carbocycles. The van der Waals surface area contributed by atoms with Crippen molar-refractivity contribution < 1.29 is 17.2 Å². The van der Waals surface area contributed by atoms with Crippen molar-refractivity contribution in [3.8, 4) is 0 Å². The minimum Gasteiger partial charge on any atom is -0.336 e. The molecule has 5 nitrogen and oxygen atoms in total. The zero-order valence-electron chi connectivity index (χ0n) is 15.0. The zero-order valence-corrected chi connectivity index (χ0v) is 15.8. The van der Waals surface area contributed by atoms with E-state index in [0.29, 0.717) is 11.0 Å². The van der Waals surface area contributed by atoms with Gasteiger partial charge in [-0.2, -0.15) is 0 Å². The molecule has 0 fully saturated rings. The minimum absolute atomic E-state index is 0.0330. The SMILES string of the molecule is O=S(=O)(Cc1nc2ccccc2nc1Nc1ccc(F)cc1F)c1ccccc1. The fraction of sp³-hybridized carbons (Fsp3) is 0.0476. The van der Waals surface area contributed by atoms with Gasteiger partial charge >= 0.3 is 0 Å². The first-order valence-electron chi connectivity index (χ1n) is 8.68. The first kappa shape index (κ1) is 18.9. The normalized spacial score (nSPS) is 11.5. The maximum atomic E-state index is 14.1. The number of fused-ring (bicyclic) bond motifs is 1. The molecule has 29 heavy (non-hydrogen) atoms. The van der Waals surface area contributed by atoms with Gasteiger partial charge in [0.05, 0.1) is 27.3 Å². The summed E-state index contributed by atoms with van der Waals surface area (Å²) in [6.07, 6.45) is 0. The van der Waals surface area contributed by atoms with Crippen molar-refractivity contribution in [2.45, 2.75) is 10.6 Å². The molecular formula is C21H15F2N3O2S. The van der Waals surface area contributed by atoms with Gasteiger partial charge in [-0.1, -0.05) is 30.3 Å². The van der Waals surface area contributed by atoms with Crippen LogP contribution in [0.5, 0.6) is 0 Å². The lowest BCUT2D eigenvalue weighted by molar-refractivity contribution is 0.586. The number of aromatic nitrogens is 2. The van der Waals surface area contributed by atoms with E-state index in [1.165, 1.54) is 18.2 Å². The lowest BCUT2D eigenvalue weighted by atomic mass is 10.2. The van der Waals surface area contributed by atoms with Gasteiger partial charge in [0, 0.05) is 6.07 Å². The smallest absolute Gasteiger partial charge is 0.184 e. The number of nitrogens with one attached hydrogen (secondary N) is 1. The van der Waals surface area contributed by atoms with Gasteiger partial charge in [-0.05, 0) is 36.4 Å². The van der Waals surface area contributed by atoms with Crippen LogP contribution in [-0.2, 0) is 15.6 Å². The number of sulfone groups is 1. The minimum atomic E-state index is -3.71. The molecule has 146 valence electrons. The Hall–Kier alpha value is -3.39. The van der Waals surface area contributed by atoms with Gasteiger partial charge in [0.25, 0.3) is 0 Å². The first-order valence-corrected chi connectivity index (χ1v) is 10.3. The van der Waals surface area contributed by atoms with E-state index >= 15 is 0 Å². The largest absolute Gasteiger partial charge is 0.336 e. The van der Waals surface area contributed by atoms with E-state index in [1.807, 2.05) is 0 Å². The van der Waals surface area contributed by atoms with Crippen LogP contribution < -0.4 is 5.32 Å². The van der Waals surface area contributed by atoms with Crippen LogP contribution in [0, 0.1) is 11.6 Å². The molecule has 0 radical (unpaired) electrons. The van der Waals surface area contributed by atoms with Crippen molar-refractivity contribution in [3.05, 3.63) is 90.1 Å². The molecule has 0 unspecified atom stereocenters. The summed E-state index contributed by atoms with van der Waals surface area (Å²) >= 11 is 0. The van der Waals surface area contributed by atoms with Crippen molar-refractivity contribution in [3.63, 3.8) is 0 Å². The highest BCUT2D eigenvalue weighted by molar-refractivity contribution is 7.90. The predicted molar refractivity (Wildman–Crippen MR) is 107 cm³/mol. The predicted octanol–water partition coefficient (Wildman–Crippen LogP) is 4.63. The van der Waals surface area contributed by atoms with E-state index in [2.05, 4.69) is 15.3 Å². The summed E-state index contributed by atoms with van der Waals surface area (Å²) in [7, 11) is -3.71. The third-order valence-corrected chi connectivity index (χ3v) is 5.90. The number of nitrogens with zero attached hydrogens (tertiary/aromatic N) is 2. The van der Waals surface area contributed by atoms with Crippen LogP contribution in [0.4, 0.5) is 20.3 Å². The van der Waals surface area contributed by atoms with Crippen LogP contribution in [0.15, 0.2) is 77.7 Å². The number of hydrogen-bond donors (Lipinski definition) is 1. The van der Waals surface area contributed by atoms with Crippen LogP contribution in [0.2, 0.25) is 0 Å². The molecule has 0 bridgehead atoms. The van der Waals surface area contributed by atoms with Gasteiger partial charge in [0.1, 0.15) is 17.4 Å². The number of rotatable bonds is 5. The Kier molecular flexibility index (Phi) is 4.94. The summed E-state index contributed by atoms with van der Waals surface area (Å²) in [6, 6.07) is 18.0. The topological polar surface area (TPSA) is 72.0 Å². The number of anilines is 2. The Morgan fingerprint density at radius 1 is 0.828 bits per heavy atom. The fourth-order valence-corrected chi connectivity index (χ4v) is 4.15. The Morgan fingerprint density at radius 3 is 2.17 bits per heavy atom. The molecule has 0 aliphatic rings. The summed E-state index contributed by atoms with van der Waals surface area (Å²) in [5, 5.41) is 2.75. The number of hydrogen-bond acceptors (Lipinski definition) is 5. The fourth-order valence-electron chi connectivity index (χ4n) is 2.85.